The van der Waals surface area contributed by atoms with E-state index in [-0.39, 0.29) is 17.7 Å². The van der Waals surface area contributed by atoms with Gasteiger partial charge in [-0.3, -0.25) is 0 Å². The van der Waals surface area contributed by atoms with Gasteiger partial charge in [-0.1, -0.05) is 0 Å². The molecule has 0 saturated heterocycles. The molecule has 0 saturated carbocycles. The van der Waals surface area contributed by atoms with Gasteiger partial charge in [-0.15, -0.1) is 21.8 Å². The number of alkyl halides is 1. The van der Waals surface area contributed by atoms with Gasteiger partial charge in [0.2, 0.25) is 5.89 Å². The predicted octanol–water partition coefficient (Wildman–Crippen LogP) is 2.94. The predicted molar refractivity (Wildman–Crippen MR) is 54.0 cm³/mol. The van der Waals surface area contributed by atoms with Crippen molar-refractivity contribution in [2.45, 2.75) is 6.42 Å². The van der Waals surface area contributed by atoms with E-state index < -0.39 is 23.0 Å². The molecule has 0 aliphatic carbocycles. The Kier molecular flexibility index (Phi) is 3.33. The molecule has 1 aromatic carbocycles. The quantitative estimate of drug-likeness (QED) is 0.799. The smallest absolute Gasteiger partial charge is 0.253 e. The molecule has 1 heterocycles. The van der Waals surface area contributed by atoms with E-state index in [2.05, 4.69) is 10.2 Å². The first-order valence-corrected chi connectivity index (χ1v) is 5.18. The van der Waals surface area contributed by atoms with E-state index in [4.69, 9.17) is 16.0 Å². The van der Waals surface area contributed by atoms with E-state index in [1.54, 1.807) is 0 Å². The molecule has 7 heteroatoms. The standard InChI is InChI=1S/C10H6ClF3N2O/c11-2-1-8-15-16-10(17-8)9-6(13)3-5(12)4-7(9)14/h3-4H,1-2H2. The minimum Gasteiger partial charge on any atom is -0.420 e. The average Bonchev–Trinajstić information content (AvgIpc) is 2.65. The summed E-state index contributed by atoms with van der Waals surface area (Å²) in [5.74, 6) is -3.12. The Balaban J connectivity index is 2.45. The fourth-order valence-corrected chi connectivity index (χ4v) is 1.44. The molecule has 0 spiro atoms. The molecule has 1 aromatic heterocycles. The summed E-state index contributed by atoms with van der Waals surface area (Å²) in [5.41, 5.74) is -0.542. The second-order valence-electron chi connectivity index (χ2n) is 3.18. The maximum Gasteiger partial charge on any atom is 0.253 e. The minimum absolute atomic E-state index is 0.165. The number of hydrogen-bond donors (Lipinski definition) is 0. The Bertz CT molecular complexity index is 521. The van der Waals surface area contributed by atoms with Crippen LogP contribution in [0.4, 0.5) is 13.2 Å². The van der Waals surface area contributed by atoms with Crippen LogP contribution < -0.4 is 0 Å². The van der Waals surface area contributed by atoms with Crippen molar-refractivity contribution >= 4 is 11.6 Å². The molecule has 0 atom stereocenters. The highest BCUT2D eigenvalue weighted by Crippen LogP contribution is 2.25. The first-order valence-electron chi connectivity index (χ1n) is 4.65. The van der Waals surface area contributed by atoms with Crippen LogP contribution in [0.1, 0.15) is 5.89 Å². The third-order valence-electron chi connectivity index (χ3n) is 2.00. The highest BCUT2D eigenvalue weighted by molar-refractivity contribution is 6.17. The normalized spacial score (nSPS) is 10.8. The summed E-state index contributed by atoms with van der Waals surface area (Å²) in [6.45, 7) is 0. The van der Waals surface area contributed by atoms with Gasteiger partial charge in [-0.25, -0.2) is 13.2 Å². The Hall–Kier alpha value is -1.56. The van der Waals surface area contributed by atoms with Crippen LogP contribution in [-0.2, 0) is 6.42 Å². The lowest BCUT2D eigenvalue weighted by atomic mass is 10.2. The zero-order valence-corrected chi connectivity index (χ0v) is 9.14. The van der Waals surface area contributed by atoms with E-state index in [1.807, 2.05) is 0 Å². The van der Waals surface area contributed by atoms with Gasteiger partial charge < -0.3 is 4.42 Å². The molecule has 17 heavy (non-hydrogen) atoms. The molecule has 2 rings (SSSR count). The van der Waals surface area contributed by atoms with Gasteiger partial charge in [-0.2, -0.15) is 0 Å². The number of halogens is 4. The van der Waals surface area contributed by atoms with E-state index in [0.717, 1.165) is 0 Å². The minimum atomic E-state index is -1.09. The van der Waals surface area contributed by atoms with Gasteiger partial charge >= 0.3 is 0 Å². The Morgan fingerprint density at radius 2 is 1.76 bits per heavy atom. The molecule has 0 unspecified atom stereocenters. The van der Waals surface area contributed by atoms with Crippen LogP contribution in [-0.4, -0.2) is 16.1 Å². The highest BCUT2D eigenvalue weighted by atomic mass is 35.5. The maximum absolute atomic E-state index is 13.4. The maximum atomic E-state index is 13.4. The van der Waals surface area contributed by atoms with Crippen molar-refractivity contribution in [3.8, 4) is 11.5 Å². The molecule has 2 aromatic rings. The van der Waals surface area contributed by atoms with Crippen LogP contribution in [0.25, 0.3) is 11.5 Å². The third kappa shape index (κ3) is 2.41. The summed E-state index contributed by atoms with van der Waals surface area (Å²) in [5, 5.41) is 7.04. The van der Waals surface area contributed by atoms with Gasteiger partial charge in [0, 0.05) is 24.4 Å². The fourth-order valence-electron chi connectivity index (χ4n) is 1.28. The van der Waals surface area contributed by atoms with Crippen LogP contribution in [0.3, 0.4) is 0 Å². The van der Waals surface area contributed by atoms with Gasteiger partial charge in [0.05, 0.1) is 0 Å². The monoisotopic (exact) mass is 262 g/mol. The Morgan fingerprint density at radius 3 is 2.35 bits per heavy atom. The van der Waals surface area contributed by atoms with E-state index in [0.29, 0.717) is 18.6 Å². The summed E-state index contributed by atoms with van der Waals surface area (Å²) in [6, 6.07) is 1.09. The van der Waals surface area contributed by atoms with Crippen molar-refractivity contribution in [3.05, 3.63) is 35.5 Å². The third-order valence-corrected chi connectivity index (χ3v) is 2.18. The van der Waals surface area contributed by atoms with Gasteiger partial charge in [0.25, 0.3) is 5.89 Å². The molecule has 0 aliphatic rings. The molecule has 0 fully saturated rings. The van der Waals surface area contributed by atoms with Crippen molar-refractivity contribution < 1.29 is 17.6 Å². The lowest BCUT2D eigenvalue weighted by molar-refractivity contribution is 0.496. The summed E-state index contributed by atoms with van der Waals surface area (Å²) in [6.07, 6.45) is 0.291. The zero-order chi connectivity index (χ0) is 12.4. The first kappa shape index (κ1) is 11.9. The number of rotatable bonds is 3. The zero-order valence-electron chi connectivity index (χ0n) is 8.38. The summed E-state index contributed by atoms with van der Waals surface area (Å²) >= 11 is 5.45. The van der Waals surface area contributed by atoms with Crippen LogP contribution in [0.2, 0.25) is 0 Å². The number of benzene rings is 1. The number of aromatic nitrogens is 2. The first-order chi connectivity index (χ1) is 8.11. The van der Waals surface area contributed by atoms with E-state index in [9.17, 15) is 13.2 Å². The molecular formula is C10H6ClF3N2O. The number of aryl methyl sites for hydroxylation is 1. The Morgan fingerprint density at radius 1 is 1.12 bits per heavy atom. The van der Waals surface area contributed by atoms with Crippen molar-refractivity contribution in [1.82, 2.24) is 10.2 Å². The van der Waals surface area contributed by atoms with Crippen LogP contribution in [0.5, 0.6) is 0 Å². The SMILES string of the molecule is Fc1cc(F)c(-c2nnc(CCCl)o2)c(F)c1. The average molecular weight is 263 g/mol. The fraction of sp³-hybridized carbons (Fsp3) is 0.200. The van der Waals surface area contributed by atoms with Gasteiger partial charge in [0.15, 0.2) is 0 Å². The van der Waals surface area contributed by atoms with Gasteiger partial charge in [0.1, 0.15) is 23.0 Å². The largest absolute Gasteiger partial charge is 0.420 e. The molecule has 0 amide bonds. The molecule has 0 radical (unpaired) electrons. The van der Waals surface area contributed by atoms with Crippen molar-refractivity contribution in [3.63, 3.8) is 0 Å². The second kappa shape index (κ2) is 4.75. The lowest BCUT2D eigenvalue weighted by Gasteiger charge is -1.99. The van der Waals surface area contributed by atoms with E-state index >= 15 is 0 Å². The van der Waals surface area contributed by atoms with Crippen LogP contribution >= 0.6 is 11.6 Å². The molecule has 0 bridgehead atoms. The van der Waals surface area contributed by atoms with Crippen molar-refractivity contribution in [1.29, 1.82) is 0 Å². The second-order valence-corrected chi connectivity index (χ2v) is 3.56. The summed E-state index contributed by atoms with van der Waals surface area (Å²) < 4.78 is 44.4. The number of hydrogen-bond acceptors (Lipinski definition) is 3. The van der Waals surface area contributed by atoms with Crippen LogP contribution in [0, 0.1) is 17.5 Å². The molecule has 3 nitrogen and oxygen atoms in total. The lowest BCUT2D eigenvalue weighted by Crippen LogP contribution is -1.92. The summed E-state index contributed by atoms with van der Waals surface area (Å²) in [4.78, 5) is 0. The van der Waals surface area contributed by atoms with Crippen molar-refractivity contribution in [2.24, 2.45) is 0 Å². The molecule has 0 aliphatic heterocycles. The molecule has 90 valence electrons. The molecular weight excluding hydrogens is 257 g/mol. The van der Waals surface area contributed by atoms with Gasteiger partial charge in [-0.05, 0) is 0 Å². The Labute approximate surface area is 99.2 Å². The molecule has 0 N–H and O–H groups in total. The van der Waals surface area contributed by atoms with Crippen molar-refractivity contribution in [2.75, 3.05) is 5.88 Å². The van der Waals surface area contributed by atoms with Crippen LogP contribution in [0.15, 0.2) is 16.5 Å². The summed E-state index contributed by atoms with van der Waals surface area (Å²) in [7, 11) is 0. The van der Waals surface area contributed by atoms with E-state index in [1.165, 1.54) is 0 Å². The topological polar surface area (TPSA) is 38.9 Å². The number of nitrogens with zero attached hydrogens (tertiary/aromatic N) is 2. The highest BCUT2D eigenvalue weighted by Gasteiger charge is 2.19.